The number of hydrogen-bond acceptors (Lipinski definition) is 1. The minimum absolute atomic E-state index is 0.103. The van der Waals surface area contributed by atoms with Crippen LogP contribution in [0.4, 0.5) is 0 Å². The molecule has 0 N–H and O–H groups in total. The van der Waals surface area contributed by atoms with Crippen molar-refractivity contribution < 1.29 is 30.5 Å². The maximum absolute atomic E-state index is 9.90. The summed E-state index contributed by atoms with van der Waals surface area (Å²) in [6, 6.07) is 0.0135. The third-order valence-electron chi connectivity index (χ3n) is 7.97. The van der Waals surface area contributed by atoms with Crippen molar-refractivity contribution in [1.82, 2.24) is 9.13 Å². The van der Waals surface area contributed by atoms with E-state index in [1.807, 2.05) is 0 Å². The van der Waals surface area contributed by atoms with E-state index in [-0.39, 0.29) is 55.1 Å². The fourth-order valence-corrected chi connectivity index (χ4v) is 6.15. The van der Waals surface area contributed by atoms with Gasteiger partial charge in [-0.3, -0.25) is 0 Å². The molecule has 0 aliphatic heterocycles. The second-order valence-corrected chi connectivity index (χ2v) is 10.3. The molecule has 0 unspecified atom stereocenters. The van der Waals surface area contributed by atoms with Crippen molar-refractivity contribution in [3.8, 4) is 22.5 Å². The molecule has 3 nitrogen and oxygen atoms in total. The van der Waals surface area contributed by atoms with Gasteiger partial charge in [0.25, 0.3) is 0 Å². The van der Waals surface area contributed by atoms with Crippen molar-refractivity contribution in [2.24, 2.45) is 0 Å². The van der Waals surface area contributed by atoms with Gasteiger partial charge >= 0.3 is 0 Å². The molecule has 0 amide bonds. The Morgan fingerprint density at radius 3 is 1.93 bits per heavy atom. The standard InChI is InChI=1S/C42H26N2O/c1-2-12-27(13-3-1)28-24-39(42-33-17-7-11-21-40(33)45-41(42)25-28)44-37-20-10-6-16-32(37)34-26-29(22-23-38(34)44)43-35-18-8-4-14-30(35)31-15-5-9-19-36(31)43/h1-26H/i1D,2D,3D,4D,5D,7D,8D,9D,11D,12D,13D,14D,15D,17D,18D,19D,21D,24D,25D. The minimum Gasteiger partial charge on any atom is -0.456 e. The molecule has 0 radical (unpaired) electrons. The van der Waals surface area contributed by atoms with Crippen LogP contribution >= 0.6 is 0 Å². The van der Waals surface area contributed by atoms with Crippen molar-refractivity contribution >= 4 is 65.6 Å². The fraction of sp³-hybridized carbons (Fsp3) is 0. The van der Waals surface area contributed by atoms with Crippen molar-refractivity contribution in [2.75, 3.05) is 0 Å². The number of rotatable bonds is 3. The third-order valence-corrected chi connectivity index (χ3v) is 7.97. The van der Waals surface area contributed by atoms with E-state index in [1.165, 1.54) is 10.6 Å². The molecule has 0 aliphatic rings. The third kappa shape index (κ3) is 3.46. The van der Waals surface area contributed by atoms with Gasteiger partial charge in [0.15, 0.2) is 0 Å². The molecule has 10 rings (SSSR count). The van der Waals surface area contributed by atoms with E-state index >= 15 is 0 Å². The summed E-state index contributed by atoms with van der Waals surface area (Å²) in [7, 11) is 0. The summed E-state index contributed by atoms with van der Waals surface area (Å²) in [6.45, 7) is 0. The van der Waals surface area contributed by atoms with E-state index < -0.39 is 126 Å². The van der Waals surface area contributed by atoms with Gasteiger partial charge in [0.2, 0.25) is 0 Å². The van der Waals surface area contributed by atoms with Gasteiger partial charge in [-0.05, 0) is 65.6 Å². The van der Waals surface area contributed by atoms with E-state index in [2.05, 4.69) is 0 Å². The molecule has 45 heavy (non-hydrogen) atoms. The molecule has 7 aromatic carbocycles. The van der Waals surface area contributed by atoms with Gasteiger partial charge in [-0.1, -0.05) is 103 Å². The lowest BCUT2D eigenvalue weighted by atomic mass is 10.0. The highest BCUT2D eigenvalue weighted by atomic mass is 16.3. The number of fused-ring (bicyclic) bond motifs is 9. The monoisotopic (exact) mass is 593 g/mol. The Bertz CT molecular complexity index is 3740. The van der Waals surface area contributed by atoms with E-state index in [0.717, 1.165) is 0 Å². The highest BCUT2D eigenvalue weighted by molar-refractivity contribution is 6.16. The number of furan rings is 1. The summed E-state index contributed by atoms with van der Waals surface area (Å²) in [6.07, 6.45) is 0. The van der Waals surface area contributed by atoms with Gasteiger partial charge in [-0.2, -0.15) is 0 Å². The van der Waals surface area contributed by atoms with Gasteiger partial charge in [0, 0.05) is 32.6 Å². The van der Waals surface area contributed by atoms with Crippen molar-refractivity contribution in [1.29, 1.82) is 0 Å². The van der Waals surface area contributed by atoms with Crippen LogP contribution in [0.15, 0.2) is 162 Å². The lowest BCUT2D eigenvalue weighted by Gasteiger charge is -2.13. The summed E-state index contributed by atoms with van der Waals surface area (Å²) in [5.41, 5.74) is -1.07. The van der Waals surface area contributed by atoms with Crippen LogP contribution in [-0.2, 0) is 0 Å². The average molecular weight is 594 g/mol. The van der Waals surface area contributed by atoms with Gasteiger partial charge in [0.1, 0.15) is 11.2 Å². The first-order chi connectivity index (χ1) is 30.2. The van der Waals surface area contributed by atoms with Crippen molar-refractivity contribution in [3.63, 3.8) is 0 Å². The van der Waals surface area contributed by atoms with E-state index in [9.17, 15) is 2.74 Å². The summed E-state index contributed by atoms with van der Waals surface area (Å²) >= 11 is 0. The molecule has 0 aliphatic carbocycles. The summed E-state index contributed by atoms with van der Waals surface area (Å²) in [4.78, 5) is 0. The first kappa shape index (κ1) is 12.5. The fourth-order valence-electron chi connectivity index (χ4n) is 6.15. The predicted molar refractivity (Wildman–Crippen MR) is 188 cm³/mol. The molecule has 10 aromatic rings. The first-order valence-electron chi connectivity index (χ1n) is 23.3. The summed E-state index contributed by atoms with van der Waals surface area (Å²) in [5, 5.41) is 0.403. The molecule has 0 bridgehead atoms. The Kier molecular flexibility index (Phi) is 2.56. The van der Waals surface area contributed by atoms with Crippen LogP contribution in [0, 0.1) is 0 Å². The average Bonchev–Trinajstić information content (AvgIpc) is 3.96. The van der Waals surface area contributed by atoms with Gasteiger partial charge in [0.05, 0.1) is 59.2 Å². The van der Waals surface area contributed by atoms with Crippen LogP contribution in [0.25, 0.3) is 88.1 Å². The predicted octanol–water partition coefficient (Wildman–Crippen LogP) is 11.4. The number of hydrogen-bond donors (Lipinski definition) is 0. The van der Waals surface area contributed by atoms with Gasteiger partial charge in [-0.15, -0.1) is 0 Å². The summed E-state index contributed by atoms with van der Waals surface area (Å²) < 4.78 is 175. The summed E-state index contributed by atoms with van der Waals surface area (Å²) in [5.74, 6) is 0. The van der Waals surface area contributed by atoms with Crippen LogP contribution in [0.2, 0.25) is 0 Å². The molecule has 0 spiro atoms. The quantitative estimate of drug-likeness (QED) is 0.200. The van der Waals surface area contributed by atoms with Crippen LogP contribution in [0.3, 0.4) is 0 Å². The molecule has 0 fully saturated rings. The molecule has 210 valence electrons. The number of benzene rings is 7. The zero-order valence-electron chi connectivity index (χ0n) is 41.8. The Hall–Kier alpha value is -6.06. The molecule has 0 atom stereocenters. The maximum atomic E-state index is 9.90. The zero-order chi connectivity index (χ0) is 46.0. The van der Waals surface area contributed by atoms with Gasteiger partial charge < -0.3 is 13.6 Å². The largest absolute Gasteiger partial charge is 0.456 e. The molecular weight excluding hydrogens is 548 g/mol. The zero-order valence-corrected chi connectivity index (χ0v) is 22.8. The normalized spacial score (nSPS) is 17.9. The molecular formula is C42H26N2O. The van der Waals surface area contributed by atoms with E-state index in [4.69, 9.17) is 27.7 Å². The molecule has 0 saturated carbocycles. The van der Waals surface area contributed by atoms with E-state index in [0.29, 0.717) is 21.8 Å². The number of nitrogens with zero attached hydrogens (tertiary/aromatic N) is 2. The molecule has 3 heterocycles. The van der Waals surface area contributed by atoms with Crippen LogP contribution < -0.4 is 0 Å². The number of aromatic nitrogens is 2. The van der Waals surface area contributed by atoms with Crippen molar-refractivity contribution in [2.45, 2.75) is 0 Å². The van der Waals surface area contributed by atoms with Crippen LogP contribution in [0.5, 0.6) is 0 Å². The Morgan fingerprint density at radius 2 is 1.13 bits per heavy atom. The maximum Gasteiger partial charge on any atom is 0.138 e. The smallest absolute Gasteiger partial charge is 0.138 e. The van der Waals surface area contributed by atoms with Gasteiger partial charge in [-0.25, -0.2) is 0 Å². The topological polar surface area (TPSA) is 23.0 Å². The second-order valence-electron chi connectivity index (χ2n) is 10.3. The minimum atomic E-state index is -0.732. The van der Waals surface area contributed by atoms with E-state index in [1.54, 1.807) is 41.0 Å². The van der Waals surface area contributed by atoms with Crippen molar-refractivity contribution in [3.05, 3.63) is 157 Å². The van der Waals surface area contributed by atoms with Crippen LogP contribution in [-0.4, -0.2) is 9.13 Å². The number of para-hydroxylation sites is 4. The second kappa shape index (κ2) is 9.22. The highest BCUT2D eigenvalue weighted by Crippen LogP contribution is 2.42. The highest BCUT2D eigenvalue weighted by Gasteiger charge is 2.20. The Morgan fingerprint density at radius 1 is 0.467 bits per heavy atom. The molecule has 0 saturated heterocycles. The SMILES string of the molecule is [2H]c1c([2H])c([2H])c(-c2c([2H])c(-n3c4ccccc4c4cc(-n5c6c([2H])c([2H])c([2H])c([2H])c6c6c([2H])c([2H])c([2H])c([2H])c65)ccc43)c3c(oc4c([2H])c([2H])c([2H])c([2H])c43)c2[2H])c([2H])c1[2H]. The Labute approximate surface area is 285 Å². The Balaban J connectivity index is 1.41. The van der Waals surface area contributed by atoms with Crippen LogP contribution in [0.1, 0.15) is 26.0 Å². The molecule has 3 aromatic heterocycles. The lowest BCUT2D eigenvalue weighted by Crippen LogP contribution is -1.97. The lowest BCUT2D eigenvalue weighted by molar-refractivity contribution is 0.669. The molecule has 3 heteroatoms. The first-order valence-corrected chi connectivity index (χ1v) is 13.8.